The predicted octanol–water partition coefficient (Wildman–Crippen LogP) is 2.65. The normalized spacial score (nSPS) is 12.4. The van der Waals surface area contributed by atoms with E-state index in [4.69, 9.17) is 4.52 Å². The van der Waals surface area contributed by atoms with Crippen molar-refractivity contribution in [1.29, 1.82) is 0 Å². The van der Waals surface area contributed by atoms with Crippen LogP contribution >= 0.6 is 0 Å². The van der Waals surface area contributed by atoms with Crippen molar-refractivity contribution in [2.24, 2.45) is 0 Å². The number of carbonyl (C=O) groups is 1. The van der Waals surface area contributed by atoms with E-state index >= 15 is 0 Å². The molecule has 1 aromatic heterocycles. The molecule has 2 rings (SSSR count). The van der Waals surface area contributed by atoms with Gasteiger partial charge in [0.25, 0.3) is 0 Å². The Labute approximate surface area is 131 Å². The molecule has 1 heterocycles. The first-order chi connectivity index (χ1) is 10.5. The molecule has 0 radical (unpaired) electrons. The van der Waals surface area contributed by atoms with Crippen LogP contribution in [0.4, 0.5) is 0 Å². The van der Waals surface area contributed by atoms with E-state index in [2.05, 4.69) is 15.8 Å². The van der Waals surface area contributed by atoms with E-state index in [1.807, 2.05) is 58.0 Å². The Morgan fingerprint density at radius 2 is 1.91 bits per heavy atom. The van der Waals surface area contributed by atoms with Gasteiger partial charge in [0.1, 0.15) is 11.8 Å². The van der Waals surface area contributed by atoms with Crippen LogP contribution in [-0.4, -0.2) is 17.1 Å². The van der Waals surface area contributed by atoms with E-state index in [1.54, 1.807) is 0 Å². The third-order valence-electron chi connectivity index (χ3n) is 3.49. The number of hydrogen-bond donors (Lipinski definition) is 2. The van der Waals surface area contributed by atoms with Gasteiger partial charge in [0.05, 0.1) is 5.69 Å². The highest BCUT2D eigenvalue weighted by molar-refractivity contribution is 5.83. The minimum Gasteiger partial charge on any atom is -0.361 e. The number of hydrogen-bond acceptors (Lipinski definition) is 4. The molecule has 2 N–H and O–H groups in total. The number of rotatable bonds is 6. The van der Waals surface area contributed by atoms with Gasteiger partial charge in [-0.1, -0.05) is 35.5 Å². The maximum atomic E-state index is 12.5. The minimum absolute atomic E-state index is 0.0343. The lowest BCUT2D eigenvalue weighted by Crippen LogP contribution is -2.40. The summed E-state index contributed by atoms with van der Waals surface area (Å²) < 4.78 is 5.17. The van der Waals surface area contributed by atoms with Crippen molar-refractivity contribution in [3.8, 4) is 0 Å². The zero-order valence-electron chi connectivity index (χ0n) is 13.5. The Morgan fingerprint density at radius 3 is 2.45 bits per heavy atom. The molecule has 0 saturated carbocycles. The lowest BCUT2D eigenvalue weighted by atomic mass is 10.0. The Bertz CT molecular complexity index is 601. The molecule has 2 aromatic rings. The summed E-state index contributed by atoms with van der Waals surface area (Å²) in [6, 6.07) is 9.40. The van der Waals surface area contributed by atoms with Gasteiger partial charge >= 0.3 is 0 Å². The predicted molar refractivity (Wildman–Crippen MR) is 85.3 cm³/mol. The molecule has 1 amide bonds. The van der Waals surface area contributed by atoms with Gasteiger partial charge < -0.3 is 9.84 Å². The lowest BCUT2D eigenvalue weighted by molar-refractivity contribution is -0.123. The molecule has 22 heavy (non-hydrogen) atoms. The monoisotopic (exact) mass is 301 g/mol. The Hall–Kier alpha value is -2.14. The smallest absolute Gasteiger partial charge is 0.241 e. The van der Waals surface area contributed by atoms with Gasteiger partial charge in [0.2, 0.25) is 5.91 Å². The standard InChI is InChI=1S/C17H23N3O2/c1-11(2)19-17(21)16(14-8-6-5-7-9-14)18-10-15-12(3)20-22-13(15)4/h5-9,11,16,18H,10H2,1-4H3,(H,19,21). The second-order valence-corrected chi connectivity index (χ2v) is 5.69. The second-order valence-electron chi connectivity index (χ2n) is 5.69. The van der Waals surface area contributed by atoms with Gasteiger partial charge in [0.15, 0.2) is 0 Å². The van der Waals surface area contributed by atoms with E-state index in [9.17, 15) is 4.79 Å². The number of nitrogens with one attached hydrogen (secondary N) is 2. The highest BCUT2D eigenvalue weighted by Crippen LogP contribution is 2.17. The minimum atomic E-state index is -0.405. The van der Waals surface area contributed by atoms with E-state index in [0.29, 0.717) is 6.54 Å². The lowest BCUT2D eigenvalue weighted by Gasteiger charge is -2.20. The number of aromatic nitrogens is 1. The van der Waals surface area contributed by atoms with Crippen molar-refractivity contribution in [2.75, 3.05) is 0 Å². The highest BCUT2D eigenvalue weighted by atomic mass is 16.5. The molecule has 0 aliphatic heterocycles. The highest BCUT2D eigenvalue weighted by Gasteiger charge is 2.21. The van der Waals surface area contributed by atoms with E-state index < -0.39 is 6.04 Å². The summed E-state index contributed by atoms with van der Waals surface area (Å²) in [7, 11) is 0. The average molecular weight is 301 g/mol. The topological polar surface area (TPSA) is 67.2 Å². The van der Waals surface area contributed by atoms with Gasteiger partial charge in [-0.2, -0.15) is 0 Å². The number of benzene rings is 1. The Morgan fingerprint density at radius 1 is 1.23 bits per heavy atom. The second kappa shape index (κ2) is 7.22. The van der Waals surface area contributed by atoms with Gasteiger partial charge in [-0.25, -0.2) is 0 Å². The zero-order valence-corrected chi connectivity index (χ0v) is 13.5. The fraction of sp³-hybridized carbons (Fsp3) is 0.412. The molecule has 1 atom stereocenters. The summed E-state index contributed by atoms with van der Waals surface area (Å²) in [5.74, 6) is 0.744. The number of nitrogens with zero attached hydrogens (tertiary/aromatic N) is 1. The molecule has 0 fully saturated rings. The fourth-order valence-corrected chi connectivity index (χ4v) is 2.33. The van der Waals surface area contributed by atoms with Crippen molar-refractivity contribution in [3.63, 3.8) is 0 Å². The van der Waals surface area contributed by atoms with Crippen LogP contribution in [0, 0.1) is 13.8 Å². The van der Waals surface area contributed by atoms with E-state index in [0.717, 1.165) is 22.6 Å². The molecule has 1 aromatic carbocycles. The van der Waals surface area contributed by atoms with Gasteiger partial charge in [-0.3, -0.25) is 10.1 Å². The van der Waals surface area contributed by atoms with Crippen LogP contribution in [0.1, 0.15) is 42.5 Å². The van der Waals surface area contributed by atoms with E-state index in [1.165, 1.54) is 0 Å². The van der Waals surface area contributed by atoms with Gasteiger partial charge in [0, 0.05) is 18.2 Å². The molecule has 0 spiro atoms. The summed E-state index contributed by atoms with van der Waals surface area (Å²) in [5.41, 5.74) is 2.78. The Balaban J connectivity index is 2.16. The average Bonchev–Trinajstić information content (AvgIpc) is 2.79. The molecule has 0 saturated heterocycles. The summed E-state index contributed by atoms with van der Waals surface area (Å²) >= 11 is 0. The number of amides is 1. The van der Waals surface area contributed by atoms with Crippen molar-refractivity contribution >= 4 is 5.91 Å². The van der Waals surface area contributed by atoms with Crippen molar-refractivity contribution < 1.29 is 9.32 Å². The first-order valence-corrected chi connectivity index (χ1v) is 7.49. The van der Waals surface area contributed by atoms with Crippen LogP contribution in [-0.2, 0) is 11.3 Å². The number of carbonyl (C=O) groups excluding carboxylic acids is 1. The van der Waals surface area contributed by atoms with Crippen LogP contribution in [0.3, 0.4) is 0 Å². The third-order valence-corrected chi connectivity index (χ3v) is 3.49. The molecule has 118 valence electrons. The quantitative estimate of drug-likeness (QED) is 0.861. The Kier molecular flexibility index (Phi) is 5.33. The van der Waals surface area contributed by atoms with Crippen LogP contribution in [0.25, 0.3) is 0 Å². The maximum absolute atomic E-state index is 12.5. The van der Waals surface area contributed by atoms with Crippen LogP contribution in [0.5, 0.6) is 0 Å². The van der Waals surface area contributed by atoms with Crippen molar-refractivity contribution in [3.05, 3.63) is 52.9 Å². The fourth-order valence-electron chi connectivity index (χ4n) is 2.33. The zero-order chi connectivity index (χ0) is 16.1. The summed E-state index contributed by atoms with van der Waals surface area (Å²) in [5, 5.41) is 10.2. The molecule has 1 unspecified atom stereocenters. The van der Waals surface area contributed by atoms with Crippen LogP contribution in [0.15, 0.2) is 34.9 Å². The SMILES string of the molecule is Cc1noc(C)c1CNC(C(=O)NC(C)C)c1ccccc1. The third kappa shape index (κ3) is 3.95. The van der Waals surface area contributed by atoms with Crippen LogP contribution in [0.2, 0.25) is 0 Å². The van der Waals surface area contributed by atoms with Crippen molar-refractivity contribution in [2.45, 2.75) is 46.3 Å². The molecule has 0 aliphatic carbocycles. The summed E-state index contributed by atoms with van der Waals surface area (Å²) in [6.45, 7) is 8.22. The van der Waals surface area contributed by atoms with Gasteiger partial charge in [-0.05, 0) is 33.3 Å². The molecule has 0 bridgehead atoms. The molecular formula is C17H23N3O2. The molecule has 5 heteroatoms. The van der Waals surface area contributed by atoms with Gasteiger partial charge in [-0.15, -0.1) is 0 Å². The largest absolute Gasteiger partial charge is 0.361 e. The summed E-state index contributed by atoms with van der Waals surface area (Å²) in [4.78, 5) is 12.5. The van der Waals surface area contributed by atoms with E-state index in [-0.39, 0.29) is 11.9 Å². The molecule has 5 nitrogen and oxygen atoms in total. The maximum Gasteiger partial charge on any atom is 0.241 e. The first-order valence-electron chi connectivity index (χ1n) is 7.49. The first kappa shape index (κ1) is 16.2. The number of aryl methyl sites for hydroxylation is 2. The summed E-state index contributed by atoms with van der Waals surface area (Å²) in [6.07, 6.45) is 0. The van der Waals surface area contributed by atoms with Crippen LogP contribution < -0.4 is 10.6 Å². The molecular weight excluding hydrogens is 278 g/mol. The van der Waals surface area contributed by atoms with Crippen molar-refractivity contribution in [1.82, 2.24) is 15.8 Å². The molecule has 0 aliphatic rings.